The number of ether oxygens (including phenoxy) is 1. The van der Waals surface area contributed by atoms with Gasteiger partial charge in [0.1, 0.15) is 0 Å². The summed E-state index contributed by atoms with van der Waals surface area (Å²) < 4.78 is 5.25. The number of hydrogen-bond acceptors (Lipinski definition) is 2. The highest BCUT2D eigenvalue weighted by Crippen LogP contribution is 2.19. The maximum atomic E-state index is 5.25. The van der Waals surface area contributed by atoms with E-state index >= 15 is 0 Å². The van der Waals surface area contributed by atoms with E-state index in [0.29, 0.717) is 12.1 Å². The van der Waals surface area contributed by atoms with Gasteiger partial charge in [0.15, 0.2) is 0 Å². The number of hydrogen-bond donors (Lipinski definition) is 1. The van der Waals surface area contributed by atoms with Gasteiger partial charge in [0.2, 0.25) is 0 Å². The van der Waals surface area contributed by atoms with Gasteiger partial charge in [-0.2, -0.15) is 0 Å². The van der Waals surface area contributed by atoms with Crippen molar-refractivity contribution in [3.8, 4) is 0 Å². The van der Waals surface area contributed by atoms with E-state index in [9.17, 15) is 0 Å². The summed E-state index contributed by atoms with van der Waals surface area (Å²) in [4.78, 5) is 0. The lowest BCUT2D eigenvalue weighted by atomic mass is 10.0. The van der Waals surface area contributed by atoms with E-state index in [0.717, 1.165) is 13.0 Å². The molecule has 0 radical (unpaired) electrons. The highest BCUT2D eigenvalue weighted by atomic mass is 16.5. The van der Waals surface area contributed by atoms with Crippen LogP contribution in [-0.2, 0) is 4.74 Å². The fraction of sp³-hybridized carbons (Fsp3) is 0.600. The highest BCUT2D eigenvalue weighted by Gasteiger charge is 2.14. The summed E-state index contributed by atoms with van der Waals surface area (Å²) in [7, 11) is 1.77. The van der Waals surface area contributed by atoms with Crippen molar-refractivity contribution >= 4 is 0 Å². The number of benzene rings is 1. The Balaban J connectivity index is 2.65. The van der Waals surface area contributed by atoms with E-state index in [2.05, 4.69) is 49.5 Å². The third-order valence-electron chi connectivity index (χ3n) is 3.08. The average Bonchev–Trinajstić information content (AvgIpc) is 2.38. The fourth-order valence-corrected chi connectivity index (χ4v) is 2.09. The lowest BCUT2D eigenvalue weighted by Crippen LogP contribution is -2.35. The maximum Gasteiger partial charge on any atom is 0.0615 e. The standard InChI is InChI=1S/C15H25NO/c1-4-9-15(13-10-7-6-8-11-13)16-14(5-2)12-17-3/h6-8,10-11,14-16H,4-5,9,12H2,1-3H3. The molecule has 1 N–H and O–H groups in total. The van der Waals surface area contributed by atoms with Crippen LogP contribution in [0.5, 0.6) is 0 Å². The summed E-state index contributed by atoms with van der Waals surface area (Å²) in [6, 6.07) is 11.6. The number of rotatable bonds is 8. The second-order valence-electron chi connectivity index (χ2n) is 4.48. The Kier molecular flexibility index (Phi) is 6.90. The second kappa shape index (κ2) is 8.26. The van der Waals surface area contributed by atoms with Gasteiger partial charge in [-0.05, 0) is 18.4 Å². The van der Waals surface area contributed by atoms with Crippen LogP contribution in [0.3, 0.4) is 0 Å². The van der Waals surface area contributed by atoms with Crippen molar-refractivity contribution < 1.29 is 4.74 Å². The molecule has 2 nitrogen and oxygen atoms in total. The third kappa shape index (κ3) is 4.88. The predicted octanol–water partition coefficient (Wildman–Crippen LogP) is 3.54. The molecule has 2 heteroatoms. The van der Waals surface area contributed by atoms with Crippen LogP contribution in [0.25, 0.3) is 0 Å². The predicted molar refractivity (Wildman–Crippen MR) is 73.2 cm³/mol. The highest BCUT2D eigenvalue weighted by molar-refractivity contribution is 5.18. The van der Waals surface area contributed by atoms with Crippen molar-refractivity contribution in [2.45, 2.75) is 45.2 Å². The van der Waals surface area contributed by atoms with Crippen molar-refractivity contribution in [3.63, 3.8) is 0 Å². The Hall–Kier alpha value is -0.860. The molecule has 0 amide bonds. The summed E-state index contributed by atoms with van der Waals surface area (Å²) in [5.41, 5.74) is 1.38. The molecular weight excluding hydrogens is 210 g/mol. The first-order valence-electron chi connectivity index (χ1n) is 6.61. The molecule has 0 fully saturated rings. The molecule has 0 bridgehead atoms. The summed E-state index contributed by atoms with van der Waals surface area (Å²) >= 11 is 0. The molecule has 0 aromatic heterocycles. The molecule has 0 spiro atoms. The topological polar surface area (TPSA) is 21.3 Å². The largest absolute Gasteiger partial charge is 0.383 e. The van der Waals surface area contributed by atoms with Crippen LogP contribution >= 0.6 is 0 Å². The Morgan fingerprint density at radius 2 is 1.88 bits per heavy atom. The van der Waals surface area contributed by atoms with Crippen LogP contribution in [0.1, 0.15) is 44.7 Å². The van der Waals surface area contributed by atoms with E-state index in [4.69, 9.17) is 4.74 Å². The minimum absolute atomic E-state index is 0.441. The fourth-order valence-electron chi connectivity index (χ4n) is 2.09. The average molecular weight is 235 g/mol. The first-order valence-corrected chi connectivity index (χ1v) is 6.61. The summed E-state index contributed by atoms with van der Waals surface area (Å²) in [5.74, 6) is 0. The van der Waals surface area contributed by atoms with Gasteiger partial charge >= 0.3 is 0 Å². The van der Waals surface area contributed by atoms with Gasteiger partial charge in [0.25, 0.3) is 0 Å². The van der Waals surface area contributed by atoms with Crippen LogP contribution in [0, 0.1) is 0 Å². The van der Waals surface area contributed by atoms with E-state index < -0.39 is 0 Å². The Bertz CT molecular complexity index is 286. The molecule has 0 heterocycles. The molecule has 0 saturated heterocycles. The third-order valence-corrected chi connectivity index (χ3v) is 3.08. The van der Waals surface area contributed by atoms with Crippen LogP contribution in [0.2, 0.25) is 0 Å². The molecular formula is C15H25NO. The van der Waals surface area contributed by atoms with Crippen LogP contribution in [0.4, 0.5) is 0 Å². The maximum absolute atomic E-state index is 5.25. The van der Waals surface area contributed by atoms with Crippen LogP contribution in [-0.4, -0.2) is 19.8 Å². The van der Waals surface area contributed by atoms with E-state index in [1.54, 1.807) is 7.11 Å². The molecule has 0 aliphatic rings. The summed E-state index contributed by atoms with van der Waals surface area (Å²) in [5, 5.41) is 3.70. The van der Waals surface area contributed by atoms with Gasteiger partial charge in [-0.1, -0.05) is 50.6 Å². The van der Waals surface area contributed by atoms with Gasteiger partial charge < -0.3 is 10.1 Å². The molecule has 96 valence electrons. The Morgan fingerprint density at radius 1 is 1.18 bits per heavy atom. The monoisotopic (exact) mass is 235 g/mol. The Labute approximate surface area is 105 Å². The number of nitrogens with one attached hydrogen (secondary N) is 1. The lowest BCUT2D eigenvalue weighted by molar-refractivity contribution is 0.157. The molecule has 17 heavy (non-hydrogen) atoms. The summed E-state index contributed by atoms with van der Waals surface area (Å²) in [6.45, 7) is 5.21. The van der Waals surface area contributed by atoms with Gasteiger partial charge in [-0.3, -0.25) is 0 Å². The Morgan fingerprint density at radius 3 is 2.41 bits per heavy atom. The molecule has 2 unspecified atom stereocenters. The van der Waals surface area contributed by atoms with E-state index in [-0.39, 0.29) is 0 Å². The molecule has 0 aliphatic carbocycles. The van der Waals surface area contributed by atoms with Gasteiger partial charge in [0.05, 0.1) is 6.61 Å². The zero-order valence-corrected chi connectivity index (χ0v) is 11.3. The molecule has 1 aromatic rings. The lowest BCUT2D eigenvalue weighted by Gasteiger charge is -2.25. The van der Waals surface area contributed by atoms with E-state index in [1.807, 2.05) is 0 Å². The molecule has 0 saturated carbocycles. The second-order valence-corrected chi connectivity index (χ2v) is 4.48. The van der Waals surface area contributed by atoms with Gasteiger partial charge in [-0.25, -0.2) is 0 Å². The first kappa shape index (κ1) is 14.2. The van der Waals surface area contributed by atoms with Gasteiger partial charge in [0, 0.05) is 19.2 Å². The van der Waals surface area contributed by atoms with Crippen molar-refractivity contribution in [1.29, 1.82) is 0 Å². The van der Waals surface area contributed by atoms with Crippen molar-refractivity contribution in [2.75, 3.05) is 13.7 Å². The zero-order valence-electron chi connectivity index (χ0n) is 11.3. The molecule has 1 aromatic carbocycles. The zero-order chi connectivity index (χ0) is 12.5. The first-order chi connectivity index (χ1) is 8.31. The smallest absolute Gasteiger partial charge is 0.0615 e. The van der Waals surface area contributed by atoms with Crippen LogP contribution < -0.4 is 5.32 Å². The van der Waals surface area contributed by atoms with Crippen molar-refractivity contribution in [2.24, 2.45) is 0 Å². The molecule has 1 rings (SSSR count). The van der Waals surface area contributed by atoms with Gasteiger partial charge in [-0.15, -0.1) is 0 Å². The quantitative estimate of drug-likeness (QED) is 0.744. The summed E-state index contributed by atoms with van der Waals surface area (Å²) in [6.07, 6.45) is 3.46. The van der Waals surface area contributed by atoms with Crippen LogP contribution in [0.15, 0.2) is 30.3 Å². The molecule has 0 aliphatic heterocycles. The molecule has 2 atom stereocenters. The minimum atomic E-state index is 0.441. The normalized spacial score (nSPS) is 14.5. The van der Waals surface area contributed by atoms with Crippen molar-refractivity contribution in [1.82, 2.24) is 5.32 Å². The minimum Gasteiger partial charge on any atom is -0.383 e. The van der Waals surface area contributed by atoms with E-state index in [1.165, 1.54) is 18.4 Å². The van der Waals surface area contributed by atoms with Crippen molar-refractivity contribution in [3.05, 3.63) is 35.9 Å². The number of methoxy groups -OCH3 is 1. The SMILES string of the molecule is CCCC(NC(CC)COC)c1ccccc1.